The Morgan fingerprint density at radius 3 is 2.86 bits per heavy atom. The fourth-order valence-electron chi connectivity index (χ4n) is 2.01. The van der Waals surface area contributed by atoms with Gasteiger partial charge in [0.05, 0.1) is 10.9 Å². The molecule has 0 aliphatic rings. The zero-order chi connectivity index (χ0) is 15.5. The van der Waals surface area contributed by atoms with Crippen molar-refractivity contribution in [1.29, 1.82) is 0 Å². The molecule has 1 aromatic carbocycles. The van der Waals surface area contributed by atoms with Gasteiger partial charge in [0.15, 0.2) is 12.4 Å². The Kier molecular flexibility index (Phi) is 3.69. The van der Waals surface area contributed by atoms with Gasteiger partial charge in [-0.25, -0.2) is 4.98 Å². The van der Waals surface area contributed by atoms with Crippen LogP contribution in [0.1, 0.15) is 11.6 Å². The molecule has 1 N–H and O–H groups in total. The topological polar surface area (TPSA) is 90.1 Å². The van der Waals surface area contributed by atoms with E-state index in [1.807, 2.05) is 24.3 Å². The Morgan fingerprint density at radius 1 is 1.27 bits per heavy atom. The van der Waals surface area contributed by atoms with Crippen LogP contribution < -0.4 is 10.1 Å². The van der Waals surface area contributed by atoms with Gasteiger partial charge in [-0.3, -0.25) is 4.79 Å². The van der Waals surface area contributed by atoms with E-state index in [2.05, 4.69) is 20.4 Å². The summed E-state index contributed by atoms with van der Waals surface area (Å²) >= 11 is 0. The van der Waals surface area contributed by atoms with E-state index in [0.29, 0.717) is 23.3 Å². The molecule has 3 rings (SSSR count). The van der Waals surface area contributed by atoms with Crippen LogP contribution in [-0.4, -0.2) is 27.6 Å². The smallest absolute Gasteiger partial charge is 0.263 e. The molecule has 2 heterocycles. The number of para-hydroxylation sites is 1. The number of rotatable bonds is 4. The number of aryl methyl sites for hydroxylation is 2. The average Bonchev–Trinajstić information content (AvgIpc) is 2.89. The predicted molar refractivity (Wildman–Crippen MR) is 79.6 cm³/mol. The zero-order valence-electron chi connectivity index (χ0n) is 12.2. The van der Waals surface area contributed by atoms with Gasteiger partial charge in [-0.15, -0.1) is 0 Å². The molecule has 0 saturated heterocycles. The highest BCUT2D eigenvalue weighted by atomic mass is 16.5. The lowest BCUT2D eigenvalue weighted by Gasteiger charge is -2.08. The van der Waals surface area contributed by atoms with Gasteiger partial charge in [0.1, 0.15) is 11.6 Å². The molecule has 0 radical (unpaired) electrons. The number of ether oxygens (including phenoxy) is 1. The lowest BCUT2D eigenvalue weighted by molar-refractivity contribution is -0.118. The first-order valence-corrected chi connectivity index (χ1v) is 6.71. The van der Waals surface area contributed by atoms with Gasteiger partial charge in [0, 0.05) is 6.07 Å². The molecule has 0 atom stereocenters. The van der Waals surface area contributed by atoms with Gasteiger partial charge in [0.25, 0.3) is 5.91 Å². The Bertz CT molecular complexity index is 829. The summed E-state index contributed by atoms with van der Waals surface area (Å²) in [5.41, 5.74) is 0.775. The molecule has 22 heavy (non-hydrogen) atoms. The molecule has 112 valence electrons. The molecule has 7 heteroatoms. The van der Waals surface area contributed by atoms with Crippen LogP contribution >= 0.6 is 0 Å². The molecule has 0 bridgehead atoms. The summed E-state index contributed by atoms with van der Waals surface area (Å²) < 4.78 is 10.4. The van der Waals surface area contributed by atoms with E-state index in [1.54, 1.807) is 19.9 Å². The van der Waals surface area contributed by atoms with Gasteiger partial charge in [-0.05, 0) is 26.0 Å². The number of aromatic nitrogens is 3. The van der Waals surface area contributed by atoms with Crippen LogP contribution in [0.25, 0.3) is 10.9 Å². The van der Waals surface area contributed by atoms with Crippen molar-refractivity contribution < 1.29 is 14.1 Å². The maximum Gasteiger partial charge on any atom is 0.263 e. The first-order valence-electron chi connectivity index (χ1n) is 6.71. The van der Waals surface area contributed by atoms with Crippen LogP contribution in [0.15, 0.2) is 34.9 Å². The van der Waals surface area contributed by atoms with E-state index in [-0.39, 0.29) is 12.5 Å². The summed E-state index contributed by atoms with van der Waals surface area (Å²) in [6, 6.07) is 9.10. The van der Waals surface area contributed by atoms with Crippen LogP contribution in [0.3, 0.4) is 0 Å². The van der Waals surface area contributed by atoms with E-state index in [0.717, 1.165) is 10.9 Å². The van der Waals surface area contributed by atoms with E-state index in [1.165, 1.54) is 0 Å². The minimum Gasteiger partial charge on any atom is -0.467 e. The lowest BCUT2D eigenvalue weighted by Crippen LogP contribution is -2.20. The summed E-state index contributed by atoms with van der Waals surface area (Å²) in [5, 5.41) is 7.03. The third-order valence-electron chi connectivity index (χ3n) is 2.92. The highest BCUT2D eigenvalue weighted by molar-refractivity contribution is 5.91. The molecule has 7 nitrogen and oxygen atoms in total. The predicted octanol–water partition coefficient (Wildman–Crippen LogP) is 2.25. The summed E-state index contributed by atoms with van der Waals surface area (Å²) in [4.78, 5) is 20.4. The standard InChI is InChI=1S/C15H14N4O3/c1-9-7-13(19-22-9)18-14(20)8-21-15-11-5-3-4-6-12(11)16-10(2)17-15/h3-7H,8H2,1-2H3,(H,18,19,20). The van der Waals surface area contributed by atoms with Crippen molar-refractivity contribution in [3.8, 4) is 5.88 Å². The fraction of sp³-hybridized carbons (Fsp3) is 0.200. The molecule has 0 unspecified atom stereocenters. The van der Waals surface area contributed by atoms with E-state index in [4.69, 9.17) is 9.26 Å². The SMILES string of the molecule is Cc1nc(OCC(=O)Nc2cc(C)on2)c2ccccc2n1. The number of carbonyl (C=O) groups is 1. The van der Waals surface area contributed by atoms with E-state index < -0.39 is 0 Å². The lowest BCUT2D eigenvalue weighted by atomic mass is 10.2. The number of amides is 1. The zero-order valence-corrected chi connectivity index (χ0v) is 12.2. The maximum absolute atomic E-state index is 11.9. The third kappa shape index (κ3) is 3.03. The maximum atomic E-state index is 11.9. The number of hydrogen-bond donors (Lipinski definition) is 1. The third-order valence-corrected chi connectivity index (χ3v) is 2.92. The first kappa shape index (κ1) is 14.0. The van der Waals surface area contributed by atoms with E-state index >= 15 is 0 Å². The number of anilines is 1. The number of benzene rings is 1. The molecular weight excluding hydrogens is 284 g/mol. The largest absolute Gasteiger partial charge is 0.467 e. The van der Waals surface area contributed by atoms with Gasteiger partial charge >= 0.3 is 0 Å². The molecule has 1 amide bonds. The van der Waals surface area contributed by atoms with Crippen molar-refractivity contribution in [2.75, 3.05) is 11.9 Å². The molecule has 3 aromatic rings. The van der Waals surface area contributed by atoms with Crippen molar-refractivity contribution in [3.63, 3.8) is 0 Å². The Balaban J connectivity index is 1.72. The molecule has 0 aliphatic carbocycles. The fourth-order valence-corrected chi connectivity index (χ4v) is 2.01. The quantitative estimate of drug-likeness (QED) is 0.794. The monoisotopic (exact) mass is 298 g/mol. The van der Waals surface area contributed by atoms with E-state index in [9.17, 15) is 4.79 Å². The summed E-state index contributed by atoms with van der Waals surface area (Å²) in [5.74, 6) is 1.60. The second-order valence-corrected chi connectivity index (χ2v) is 4.75. The van der Waals surface area contributed by atoms with Crippen molar-refractivity contribution in [1.82, 2.24) is 15.1 Å². The van der Waals surface area contributed by atoms with Crippen molar-refractivity contribution in [2.24, 2.45) is 0 Å². The molecular formula is C15H14N4O3. The minimum absolute atomic E-state index is 0.174. The number of carbonyl (C=O) groups excluding carboxylic acids is 1. The Morgan fingerprint density at radius 2 is 2.09 bits per heavy atom. The van der Waals surface area contributed by atoms with Crippen molar-refractivity contribution >= 4 is 22.6 Å². The number of hydrogen-bond acceptors (Lipinski definition) is 6. The van der Waals surface area contributed by atoms with Crippen LogP contribution in [0.5, 0.6) is 5.88 Å². The molecule has 0 aliphatic heterocycles. The van der Waals surface area contributed by atoms with Crippen LogP contribution in [0, 0.1) is 13.8 Å². The molecule has 0 fully saturated rings. The summed E-state index contributed by atoms with van der Waals surface area (Å²) in [6.07, 6.45) is 0. The highest BCUT2D eigenvalue weighted by Crippen LogP contribution is 2.21. The summed E-state index contributed by atoms with van der Waals surface area (Å²) in [7, 11) is 0. The normalized spacial score (nSPS) is 10.6. The Labute approximate surface area is 126 Å². The van der Waals surface area contributed by atoms with Gasteiger partial charge in [-0.1, -0.05) is 17.3 Å². The first-order chi connectivity index (χ1) is 10.6. The number of fused-ring (bicyclic) bond motifs is 1. The number of nitrogens with one attached hydrogen (secondary N) is 1. The highest BCUT2D eigenvalue weighted by Gasteiger charge is 2.10. The molecule has 0 spiro atoms. The van der Waals surface area contributed by atoms with Crippen molar-refractivity contribution in [2.45, 2.75) is 13.8 Å². The number of nitrogens with zero attached hydrogens (tertiary/aromatic N) is 3. The van der Waals surface area contributed by atoms with Crippen LogP contribution in [-0.2, 0) is 4.79 Å². The average molecular weight is 298 g/mol. The van der Waals surface area contributed by atoms with Crippen LogP contribution in [0.4, 0.5) is 5.82 Å². The van der Waals surface area contributed by atoms with Gasteiger partial charge < -0.3 is 14.6 Å². The second-order valence-electron chi connectivity index (χ2n) is 4.75. The summed E-state index contributed by atoms with van der Waals surface area (Å²) in [6.45, 7) is 3.35. The van der Waals surface area contributed by atoms with Crippen molar-refractivity contribution in [3.05, 3.63) is 41.9 Å². The second kappa shape index (κ2) is 5.80. The van der Waals surface area contributed by atoms with Crippen LogP contribution in [0.2, 0.25) is 0 Å². The molecule has 0 saturated carbocycles. The Hall–Kier alpha value is -2.96. The molecule has 2 aromatic heterocycles. The minimum atomic E-state index is -0.339. The van der Waals surface area contributed by atoms with Gasteiger partial charge in [-0.2, -0.15) is 4.98 Å². The van der Waals surface area contributed by atoms with Gasteiger partial charge in [0.2, 0.25) is 5.88 Å².